The van der Waals surface area contributed by atoms with Crippen LogP contribution < -0.4 is 9.47 Å². The van der Waals surface area contributed by atoms with E-state index in [4.69, 9.17) is 14.6 Å². The normalized spacial score (nSPS) is 10.7. The van der Waals surface area contributed by atoms with Crippen molar-refractivity contribution in [1.29, 1.82) is 0 Å². The number of carboxylic acid groups (broad SMARTS) is 1. The Morgan fingerprint density at radius 1 is 1.17 bits per heavy atom. The Balaban J connectivity index is 1.70. The third-order valence-electron chi connectivity index (χ3n) is 3.66. The van der Waals surface area contributed by atoms with Crippen LogP contribution in [0.3, 0.4) is 0 Å². The predicted molar refractivity (Wildman–Crippen MR) is 87.5 cm³/mol. The van der Waals surface area contributed by atoms with Crippen molar-refractivity contribution < 1.29 is 19.4 Å². The molecule has 118 valence electrons. The second-order valence-corrected chi connectivity index (χ2v) is 5.15. The second kappa shape index (κ2) is 6.44. The molecule has 0 unspecified atom stereocenters. The molecule has 0 spiro atoms. The first-order valence-electron chi connectivity index (χ1n) is 7.28. The van der Waals surface area contributed by atoms with Crippen molar-refractivity contribution in [2.24, 2.45) is 0 Å². The number of fused-ring (bicyclic) bond motifs is 1. The van der Waals surface area contributed by atoms with E-state index >= 15 is 0 Å². The standard InChI is InChI=1S/C18H17NO4/c1-22-13-7-5-12(6-8-13)9-10-23-17-4-2-3-15-14(17)11-16(19-15)18(20)21/h2-8,11,19H,9-10H2,1H3,(H,20,21). The number of ether oxygens (including phenoxy) is 2. The summed E-state index contributed by atoms with van der Waals surface area (Å²) in [4.78, 5) is 13.9. The average molecular weight is 311 g/mol. The van der Waals surface area contributed by atoms with Crippen LogP contribution in [-0.4, -0.2) is 29.8 Å². The van der Waals surface area contributed by atoms with Gasteiger partial charge in [0.15, 0.2) is 0 Å². The van der Waals surface area contributed by atoms with E-state index in [1.54, 1.807) is 13.2 Å². The number of rotatable bonds is 6. The number of carboxylic acids is 1. The van der Waals surface area contributed by atoms with Gasteiger partial charge in [-0.25, -0.2) is 4.79 Å². The Labute approximate surface area is 133 Å². The van der Waals surface area contributed by atoms with Gasteiger partial charge >= 0.3 is 5.97 Å². The topological polar surface area (TPSA) is 71.5 Å². The number of hydrogen-bond donors (Lipinski definition) is 2. The Morgan fingerprint density at radius 3 is 2.65 bits per heavy atom. The van der Waals surface area contributed by atoms with Crippen molar-refractivity contribution in [3.63, 3.8) is 0 Å². The fourth-order valence-corrected chi connectivity index (χ4v) is 2.44. The number of carbonyl (C=O) groups is 1. The molecular weight excluding hydrogens is 294 g/mol. The maximum atomic E-state index is 11.1. The Morgan fingerprint density at radius 2 is 1.96 bits per heavy atom. The first-order valence-corrected chi connectivity index (χ1v) is 7.28. The van der Waals surface area contributed by atoms with Gasteiger partial charge in [0.2, 0.25) is 0 Å². The number of hydrogen-bond acceptors (Lipinski definition) is 3. The monoisotopic (exact) mass is 311 g/mol. The van der Waals surface area contributed by atoms with Crippen molar-refractivity contribution in [3.05, 3.63) is 59.8 Å². The number of aromatic amines is 1. The highest BCUT2D eigenvalue weighted by atomic mass is 16.5. The fraction of sp³-hybridized carbons (Fsp3) is 0.167. The van der Waals surface area contributed by atoms with Gasteiger partial charge in [0.05, 0.1) is 13.7 Å². The van der Waals surface area contributed by atoms with Crippen LogP contribution in [0.5, 0.6) is 11.5 Å². The molecule has 0 aliphatic carbocycles. The molecule has 0 atom stereocenters. The number of benzene rings is 2. The first-order chi connectivity index (χ1) is 11.2. The number of methoxy groups -OCH3 is 1. The van der Waals surface area contributed by atoms with E-state index in [1.807, 2.05) is 42.5 Å². The van der Waals surface area contributed by atoms with E-state index < -0.39 is 5.97 Å². The minimum atomic E-state index is -0.981. The summed E-state index contributed by atoms with van der Waals surface area (Å²) in [5.74, 6) is 0.526. The summed E-state index contributed by atoms with van der Waals surface area (Å²) in [5, 5.41) is 9.84. The van der Waals surface area contributed by atoms with E-state index in [2.05, 4.69) is 4.98 Å². The summed E-state index contributed by atoms with van der Waals surface area (Å²) >= 11 is 0. The molecule has 5 nitrogen and oxygen atoms in total. The van der Waals surface area contributed by atoms with Crippen LogP contribution in [0.25, 0.3) is 10.9 Å². The van der Waals surface area contributed by atoms with Gasteiger partial charge in [-0.15, -0.1) is 0 Å². The van der Waals surface area contributed by atoms with E-state index in [0.29, 0.717) is 12.4 Å². The third-order valence-corrected chi connectivity index (χ3v) is 3.66. The van der Waals surface area contributed by atoms with Gasteiger partial charge in [0, 0.05) is 17.3 Å². The van der Waals surface area contributed by atoms with E-state index in [-0.39, 0.29) is 5.69 Å². The molecule has 23 heavy (non-hydrogen) atoms. The number of aromatic nitrogens is 1. The lowest BCUT2D eigenvalue weighted by Crippen LogP contribution is -2.01. The third kappa shape index (κ3) is 3.29. The molecule has 0 aliphatic heterocycles. The zero-order valence-corrected chi connectivity index (χ0v) is 12.7. The molecule has 3 rings (SSSR count). The molecule has 0 saturated carbocycles. The van der Waals surface area contributed by atoms with Gasteiger partial charge in [-0.05, 0) is 35.9 Å². The summed E-state index contributed by atoms with van der Waals surface area (Å²) in [6.45, 7) is 0.513. The molecule has 5 heteroatoms. The summed E-state index contributed by atoms with van der Waals surface area (Å²) in [6.07, 6.45) is 0.761. The van der Waals surface area contributed by atoms with Crippen LogP contribution in [0.2, 0.25) is 0 Å². The quantitative estimate of drug-likeness (QED) is 0.731. The first kappa shape index (κ1) is 15.0. The van der Waals surface area contributed by atoms with Gasteiger partial charge in [-0.3, -0.25) is 0 Å². The van der Waals surface area contributed by atoms with Crippen LogP contribution >= 0.6 is 0 Å². The molecule has 1 heterocycles. The molecular formula is C18H17NO4. The largest absolute Gasteiger partial charge is 0.497 e. The van der Waals surface area contributed by atoms with E-state index in [1.165, 1.54) is 0 Å². The molecule has 1 aromatic heterocycles. The lowest BCUT2D eigenvalue weighted by atomic mass is 10.1. The predicted octanol–water partition coefficient (Wildman–Crippen LogP) is 3.50. The van der Waals surface area contributed by atoms with Crippen LogP contribution in [0.1, 0.15) is 16.1 Å². The molecule has 2 aromatic carbocycles. The molecule has 3 aromatic rings. The summed E-state index contributed by atoms with van der Waals surface area (Å²) < 4.78 is 11.0. The minimum Gasteiger partial charge on any atom is -0.497 e. The number of nitrogens with one attached hydrogen (secondary N) is 1. The molecule has 2 N–H and O–H groups in total. The van der Waals surface area contributed by atoms with Gasteiger partial charge in [0.25, 0.3) is 0 Å². The summed E-state index contributed by atoms with van der Waals surface area (Å²) in [6, 6.07) is 15.0. The zero-order chi connectivity index (χ0) is 16.2. The van der Waals surface area contributed by atoms with Crippen LogP contribution in [0.4, 0.5) is 0 Å². The zero-order valence-electron chi connectivity index (χ0n) is 12.7. The molecule has 0 amide bonds. The van der Waals surface area contributed by atoms with Gasteiger partial charge in [-0.1, -0.05) is 18.2 Å². The van der Waals surface area contributed by atoms with Gasteiger partial charge < -0.3 is 19.6 Å². The smallest absolute Gasteiger partial charge is 0.352 e. The molecule has 0 bridgehead atoms. The molecule has 0 fully saturated rings. The maximum Gasteiger partial charge on any atom is 0.352 e. The summed E-state index contributed by atoms with van der Waals surface area (Å²) in [7, 11) is 1.64. The van der Waals surface area contributed by atoms with Crippen molar-refractivity contribution in [3.8, 4) is 11.5 Å². The fourth-order valence-electron chi connectivity index (χ4n) is 2.44. The van der Waals surface area contributed by atoms with Gasteiger partial charge in [0.1, 0.15) is 17.2 Å². The van der Waals surface area contributed by atoms with Crippen molar-refractivity contribution in [2.75, 3.05) is 13.7 Å². The highest BCUT2D eigenvalue weighted by Gasteiger charge is 2.10. The second-order valence-electron chi connectivity index (χ2n) is 5.15. The van der Waals surface area contributed by atoms with Crippen LogP contribution in [0.15, 0.2) is 48.5 Å². The molecule has 0 saturated heterocycles. The van der Waals surface area contributed by atoms with Crippen molar-refractivity contribution >= 4 is 16.9 Å². The van der Waals surface area contributed by atoms with E-state index in [9.17, 15) is 4.79 Å². The van der Waals surface area contributed by atoms with Crippen LogP contribution in [-0.2, 0) is 6.42 Å². The Hall–Kier alpha value is -2.95. The van der Waals surface area contributed by atoms with Gasteiger partial charge in [-0.2, -0.15) is 0 Å². The highest BCUT2D eigenvalue weighted by molar-refractivity contribution is 5.96. The number of aromatic carboxylic acids is 1. The van der Waals surface area contributed by atoms with Crippen molar-refractivity contribution in [2.45, 2.75) is 6.42 Å². The minimum absolute atomic E-state index is 0.159. The Bertz CT molecular complexity index is 821. The van der Waals surface area contributed by atoms with Crippen molar-refractivity contribution in [1.82, 2.24) is 4.98 Å². The van der Waals surface area contributed by atoms with Crippen LogP contribution in [0, 0.1) is 0 Å². The maximum absolute atomic E-state index is 11.1. The Kier molecular flexibility index (Phi) is 4.19. The SMILES string of the molecule is COc1ccc(CCOc2cccc3[nH]c(C(=O)O)cc23)cc1. The average Bonchev–Trinajstić information content (AvgIpc) is 3.01. The molecule has 0 aliphatic rings. The van der Waals surface area contributed by atoms with E-state index in [0.717, 1.165) is 28.6 Å². The molecule has 0 radical (unpaired) electrons. The lowest BCUT2D eigenvalue weighted by Gasteiger charge is -2.08. The number of H-pyrrole nitrogens is 1. The highest BCUT2D eigenvalue weighted by Crippen LogP contribution is 2.26. The lowest BCUT2D eigenvalue weighted by molar-refractivity contribution is 0.0691. The summed E-state index contributed by atoms with van der Waals surface area (Å²) in [5.41, 5.74) is 2.06.